The molecule has 22 heavy (non-hydrogen) atoms. The van der Waals surface area contributed by atoms with Gasteiger partial charge in [0.05, 0.1) is 20.1 Å². The van der Waals surface area contributed by atoms with Crippen LogP contribution in [0.5, 0.6) is 11.5 Å². The molecule has 1 amide bonds. The first kappa shape index (κ1) is 14.4. The predicted octanol–water partition coefficient (Wildman–Crippen LogP) is 3.20. The van der Waals surface area contributed by atoms with E-state index < -0.39 is 0 Å². The average molecular weight is 297 g/mol. The third-order valence-corrected chi connectivity index (χ3v) is 3.74. The largest absolute Gasteiger partial charge is 0.496 e. The Hall–Kier alpha value is -2.49. The normalized spacial score (nSPS) is 13.0. The number of fused-ring (bicyclic) bond motifs is 1. The summed E-state index contributed by atoms with van der Waals surface area (Å²) in [6.07, 6.45) is 2.30. The lowest BCUT2D eigenvalue weighted by atomic mass is 10.1. The average Bonchev–Trinajstić information content (AvgIpc) is 2.55. The molecule has 4 nitrogen and oxygen atoms in total. The van der Waals surface area contributed by atoms with Gasteiger partial charge in [-0.15, -0.1) is 0 Å². The highest BCUT2D eigenvalue weighted by atomic mass is 16.5. The van der Waals surface area contributed by atoms with Crippen LogP contribution in [0.3, 0.4) is 0 Å². The van der Waals surface area contributed by atoms with Crippen molar-refractivity contribution in [1.82, 2.24) is 0 Å². The number of nitrogens with one attached hydrogen (secondary N) is 1. The molecule has 0 aromatic heterocycles. The summed E-state index contributed by atoms with van der Waals surface area (Å²) >= 11 is 0. The fourth-order valence-corrected chi connectivity index (χ4v) is 2.67. The monoisotopic (exact) mass is 297 g/mol. The Balaban J connectivity index is 1.69. The molecule has 4 heteroatoms. The summed E-state index contributed by atoms with van der Waals surface area (Å²) in [4.78, 5) is 12.2. The summed E-state index contributed by atoms with van der Waals surface area (Å²) < 4.78 is 10.9. The molecule has 1 N–H and O–H groups in total. The Morgan fingerprint density at radius 2 is 2.14 bits per heavy atom. The smallest absolute Gasteiger partial charge is 0.228 e. The van der Waals surface area contributed by atoms with Crippen LogP contribution in [0.4, 0.5) is 5.69 Å². The number of rotatable bonds is 4. The van der Waals surface area contributed by atoms with Crippen LogP contribution in [0.2, 0.25) is 0 Å². The van der Waals surface area contributed by atoms with Crippen molar-refractivity contribution in [3.8, 4) is 11.5 Å². The van der Waals surface area contributed by atoms with E-state index in [2.05, 4.69) is 5.32 Å². The summed E-state index contributed by atoms with van der Waals surface area (Å²) in [5, 5.41) is 2.94. The van der Waals surface area contributed by atoms with Gasteiger partial charge in [-0.25, -0.2) is 0 Å². The van der Waals surface area contributed by atoms with Crippen molar-refractivity contribution >= 4 is 11.6 Å². The highest BCUT2D eigenvalue weighted by molar-refractivity contribution is 5.92. The fraction of sp³-hybridized carbons (Fsp3) is 0.278. The van der Waals surface area contributed by atoms with Gasteiger partial charge in [0.2, 0.25) is 5.91 Å². The van der Waals surface area contributed by atoms with Gasteiger partial charge in [0.25, 0.3) is 0 Å². The lowest BCUT2D eigenvalue weighted by Crippen LogP contribution is -2.16. The Morgan fingerprint density at radius 3 is 3.00 bits per heavy atom. The molecule has 1 aliphatic rings. The summed E-state index contributed by atoms with van der Waals surface area (Å²) in [5.41, 5.74) is 2.84. The number of anilines is 1. The van der Waals surface area contributed by atoms with Gasteiger partial charge in [-0.1, -0.05) is 18.2 Å². The molecule has 0 bridgehead atoms. The van der Waals surface area contributed by atoms with E-state index in [1.807, 2.05) is 42.5 Å². The second-order valence-corrected chi connectivity index (χ2v) is 5.31. The molecule has 0 saturated heterocycles. The van der Waals surface area contributed by atoms with Crippen molar-refractivity contribution in [1.29, 1.82) is 0 Å². The Bertz CT molecular complexity index is 682. The first-order valence-corrected chi connectivity index (χ1v) is 7.44. The maximum absolute atomic E-state index is 12.2. The quantitative estimate of drug-likeness (QED) is 0.942. The van der Waals surface area contributed by atoms with E-state index >= 15 is 0 Å². The third kappa shape index (κ3) is 3.22. The third-order valence-electron chi connectivity index (χ3n) is 3.74. The Labute approximate surface area is 130 Å². The number of hydrogen-bond acceptors (Lipinski definition) is 3. The minimum Gasteiger partial charge on any atom is -0.496 e. The first-order valence-electron chi connectivity index (χ1n) is 7.44. The number of ether oxygens (including phenoxy) is 2. The van der Waals surface area contributed by atoms with Crippen molar-refractivity contribution in [2.75, 3.05) is 19.0 Å². The number of methoxy groups -OCH3 is 1. The van der Waals surface area contributed by atoms with E-state index in [0.717, 1.165) is 47.8 Å². The van der Waals surface area contributed by atoms with Crippen molar-refractivity contribution in [2.24, 2.45) is 0 Å². The van der Waals surface area contributed by atoms with Crippen LogP contribution in [0.1, 0.15) is 17.5 Å². The highest BCUT2D eigenvalue weighted by Gasteiger charge is 2.12. The summed E-state index contributed by atoms with van der Waals surface area (Å²) in [6.45, 7) is 0.770. The molecule has 0 radical (unpaired) electrons. The van der Waals surface area contributed by atoms with Gasteiger partial charge in [-0.3, -0.25) is 4.79 Å². The number of carbonyl (C=O) groups is 1. The standard InChI is InChI=1S/C18H19NO3/c1-21-16-7-3-2-5-14(16)12-18(20)19-15-8-9-17-13(11-15)6-4-10-22-17/h2-3,5,7-9,11H,4,6,10,12H2,1H3,(H,19,20). The molecule has 2 aromatic carbocycles. The molecule has 0 fully saturated rings. The lowest BCUT2D eigenvalue weighted by molar-refractivity contribution is -0.115. The van der Waals surface area contributed by atoms with Crippen LogP contribution >= 0.6 is 0 Å². The van der Waals surface area contributed by atoms with E-state index in [4.69, 9.17) is 9.47 Å². The number of benzene rings is 2. The van der Waals surface area contributed by atoms with Crippen LogP contribution in [-0.4, -0.2) is 19.6 Å². The van der Waals surface area contributed by atoms with Gasteiger partial charge >= 0.3 is 0 Å². The molecule has 0 spiro atoms. The number of para-hydroxylation sites is 1. The van der Waals surface area contributed by atoms with E-state index in [-0.39, 0.29) is 12.3 Å². The summed E-state index contributed by atoms with van der Waals surface area (Å²) in [6, 6.07) is 13.4. The molecule has 2 aromatic rings. The molecule has 114 valence electrons. The maximum Gasteiger partial charge on any atom is 0.228 e. The molecule has 0 saturated carbocycles. The molecule has 0 atom stereocenters. The minimum atomic E-state index is -0.0545. The topological polar surface area (TPSA) is 47.6 Å². The highest BCUT2D eigenvalue weighted by Crippen LogP contribution is 2.27. The van der Waals surface area contributed by atoms with E-state index in [9.17, 15) is 4.79 Å². The number of hydrogen-bond donors (Lipinski definition) is 1. The SMILES string of the molecule is COc1ccccc1CC(=O)Nc1ccc2c(c1)CCCO2. The minimum absolute atomic E-state index is 0.0545. The van der Waals surface area contributed by atoms with E-state index in [0.29, 0.717) is 0 Å². The Kier molecular flexibility index (Phi) is 4.28. The second-order valence-electron chi connectivity index (χ2n) is 5.31. The molecule has 1 aliphatic heterocycles. The molecular weight excluding hydrogens is 278 g/mol. The van der Waals surface area contributed by atoms with Gasteiger partial charge in [0.15, 0.2) is 0 Å². The van der Waals surface area contributed by atoms with Crippen LogP contribution in [-0.2, 0) is 17.6 Å². The van der Waals surface area contributed by atoms with Gasteiger partial charge in [-0.2, -0.15) is 0 Å². The number of aryl methyl sites for hydroxylation is 1. The van der Waals surface area contributed by atoms with Crippen LogP contribution in [0.15, 0.2) is 42.5 Å². The summed E-state index contributed by atoms with van der Waals surface area (Å²) in [7, 11) is 1.61. The van der Waals surface area contributed by atoms with Crippen molar-refractivity contribution in [3.05, 3.63) is 53.6 Å². The van der Waals surface area contributed by atoms with Gasteiger partial charge in [0, 0.05) is 11.3 Å². The van der Waals surface area contributed by atoms with Crippen LogP contribution in [0.25, 0.3) is 0 Å². The molecule has 3 rings (SSSR count). The molecule has 0 aliphatic carbocycles. The van der Waals surface area contributed by atoms with Gasteiger partial charge < -0.3 is 14.8 Å². The van der Waals surface area contributed by atoms with Crippen molar-refractivity contribution < 1.29 is 14.3 Å². The van der Waals surface area contributed by atoms with Crippen molar-refractivity contribution in [3.63, 3.8) is 0 Å². The zero-order chi connectivity index (χ0) is 15.4. The van der Waals surface area contributed by atoms with Gasteiger partial charge in [-0.05, 0) is 42.7 Å². The predicted molar refractivity (Wildman–Crippen MR) is 85.6 cm³/mol. The fourth-order valence-electron chi connectivity index (χ4n) is 2.67. The zero-order valence-corrected chi connectivity index (χ0v) is 12.6. The molecule has 0 unspecified atom stereocenters. The van der Waals surface area contributed by atoms with Gasteiger partial charge in [0.1, 0.15) is 11.5 Å². The maximum atomic E-state index is 12.2. The zero-order valence-electron chi connectivity index (χ0n) is 12.6. The Morgan fingerprint density at radius 1 is 1.27 bits per heavy atom. The van der Waals surface area contributed by atoms with Crippen LogP contribution in [0, 0.1) is 0 Å². The molecular formula is C18H19NO3. The van der Waals surface area contributed by atoms with Crippen molar-refractivity contribution in [2.45, 2.75) is 19.3 Å². The first-order chi connectivity index (χ1) is 10.8. The van der Waals surface area contributed by atoms with Crippen LogP contribution < -0.4 is 14.8 Å². The van der Waals surface area contributed by atoms with E-state index in [1.54, 1.807) is 7.11 Å². The number of carbonyl (C=O) groups excluding carboxylic acids is 1. The van der Waals surface area contributed by atoms with E-state index in [1.165, 1.54) is 0 Å². The number of amides is 1. The lowest BCUT2D eigenvalue weighted by Gasteiger charge is -2.18. The molecule has 1 heterocycles. The summed E-state index contributed by atoms with van der Waals surface area (Å²) in [5.74, 6) is 1.60. The second kappa shape index (κ2) is 6.52.